The lowest BCUT2D eigenvalue weighted by Crippen LogP contribution is -1.67. The van der Waals surface area contributed by atoms with Crippen molar-refractivity contribution < 1.29 is 10.2 Å². The molecule has 0 atom stereocenters. The number of phenolic OH excluding ortho intramolecular Hbond substituents is 2. The molecule has 2 aromatic carbocycles. The van der Waals surface area contributed by atoms with Crippen molar-refractivity contribution in [3.05, 3.63) is 48.5 Å². The number of rotatable bonds is 4. The first-order chi connectivity index (χ1) is 8.24. The van der Waals surface area contributed by atoms with E-state index in [1.54, 1.807) is 55.7 Å². The topological polar surface area (TPSA) is 40.5 Å². The summed E-state index contributed by atoms with van der Waals surface area (Å²) in [4.78, 5) is 2.19. The van der Waals surface area contributed by atoms with Gasteiger partial charge in [-0.3, -0.25) is 0 Å². The zero-order valence-electron chi connectivity index (χ0n) is 8.74. The molecule has 0 aliphatic heterocycles. The van der Waals surface area contributed by atoms with Crippen LogP contribution in [0.25, 0.3) is 0 Å². The van der Waals surface area contributed by atoms with Gasteiger partial charge in [-0.05, 0) is 79.9 Å². The summed E-state index contributed by atoms with van der Waals surface area (Å²) in [6, 6.07) is 14.2. The van der Waals surface area contributed by atoms with Gasteiger partial charge in [0, 0.05) is 9.79 Å². The summed E-state index contributed by atoms with van der Waals surface area (Å²) in [5.41, 5.74) is 0. The van der Waals surface area contributed by atoms with Gasteiger partial charge in [0.1, 0.15) is 11.5 Å². The maximum Gasteiger partial charge on any atom is 0.115 e. The van der Waals surface area contributed by atoms with Crippen molar-refractivity contribution in [3.63, 3.8) is 0 Å². The summed E-state index contributed by atoms with van der Waals surface area (Å²) in [7, 11) is 4.91. The minimum absolute atomic E-state index is 0.283. The molecule has 2 N–H and O–H groups in total. The fourth-order valence-corrected chi connectivity index (χ4v) is 4.75. The highest BCUT2D eigenvalue weighted by Crippen LogP contribution is 2.44. The van der Waals surface area contributed by atoms with Crippen LogP contribution in [-0.4, -0.2) is 10.2 Å². The van der Waals surface area contributed by atoms with Gasteiger partial charge in [0.2, 0.25) is 0 Å². The number of hydrogen-bond acceptors (Lipinski definition) is 5. The predicted octanol–water partition coefficient (Wildman–Crippen LogP) is 4.55. The van der Waals surface area contributed by atoms with Gasteiger partial charge in [-0.15, -0.1) is 0 Å². The van der Waals surface area contributed by atoms with E-state index in [1.165, 1.54) is 0 Å². The Morgan fingerprint density at radius 3 is 1.29 bits per heavy atom. The van der Waals surface area contributed by atoms with Crippen LogP contribution in [-0.2, 0) is 0 Å². The summed E-state index contributed by atoms with van der Waals surface area (Å²) in [5.74, 6) is 0.566. The van der Waals surface area contributed by atoms with Crippen LogP contribution >= 0.6 is 31.4 Å². The van der Waals surface area contributed by atoms with Gasteiger partial charge in [-0.1, -0.05) is 0 Å². The lowest BCUT2D eigenvalue weighted by Gasteiger charge is -2.01. The van der Waals surface area contributed by atoms with Gasteiger partial charge in [0.25, 0.3) is 0 Å². The molecule has 0 bridgehead atoms. The van der Waals surface area contributed by atoms with Gasteiger partial charge >= 0.3 is 0 Å². The number of hydrogen-bond donors (Lipinski definition) is 2. The number of benzene rings is 2. The Bertz CT molecular complexity index is 423. The highest BCUT2D eigenvalue weighted by Gasteiger charge is 1.98. The van der Waals surface area contributed by atoms with Crippen molar-refractivity contribution in [2.45, 2.75) is 9.79 Å². The minimum atomic E-state index is 0.283. The summed E-state index contributed by atoms with van der Waals surface area (Å²) < 4.78 is 0. The Morgan fingerprint density at radius 1 is 0.588 bits per heavy atom. The zero-order chi connectivity index (χ0) is 12.1. The van der Waals surface area contributed by atoms with Gasteiger partial charge in [-0.25, -0.2) is 0 Å². The van der Waals surface area contributed by atoms with E-state index < -0.39 is 0 Å². The molecule has 0 aliphatic rings. The Labute approximate surface area is 111 Å². The van der Waals surface area contributed by atoms with Crippen molar-refractivity contribution in [1.29, 1.82) is 0 Å². The molecule has 0 unspecified atom stereocenters. The van der Waals surface area contributed by atoms with E-state index in [0.29, 0.717) is 0 Å². The average molecular weight is 282 g/mol. The lowest BCUT2D eigenvalue weighted by atomic mass is 10.3. The third kappa shape index (κ3) is 4.11. The molecule has 0 saturated heterocycles. The molecule has 0 spiro atoms. The fraction of sp³-hybridized carbons (Fsp3) is 0. The average Bonchev–Trinajstić information content (AvgIpc) is 2.34. The van der Waals surface area contributed by atoms with Gasteiger partial charge < -0.3 is 10.2 Å². The smallest absolute Gasteiger partial charge is 0.115 e. The first-order valence-corrected chi connectivity index (χ1v) is 8.31. The van der Waals surface area contributed by atoms with Crippen LogP contribution in [0.5, 0.6) is 11.5 Å². The second-order valence-electron chi connectivity index (χ2n) is 3.22. The SMILES string of the molecule is Oc1ccc(SSSc2ccc(O)cc2)cc1. The van der Waals surface area contributed by atoms with Crippen LogP contribution in [0.2, 0.25) is 0 Å². The molecule has 2 aromatic rings. The predicted molar refractivity (Wildman–Crippen MR) is 75.5 cm³/mol. The van der Waals surface area contributed by atoms with Crippen molar-refractivity contribution in [2.75, 3.05) is 0 Å². The highest BCUT2D eigenvalue weighted by atomic mass is 33.5. The molecule has 0 amide bonds. The Balaban J connectivity index is 1.83. The standard InChI is InChI=1S/C12H10O2S3/c13-9-1-5-11(6-2-9)15-17-16-12-7-3-10(14)4-8-12/h1-8,13-14H. The summed E-state index contributed by atoms with van der Waals surface area (Å²) >= 11 is 0. The third-order valence-corrected chi connectivity index (χ3v) is 5.79. The Hall–Kier alpha value is -0.910. The zero-order valence-corrected chi connectivity index (χ0v) is 11.2. The molecule has 0 aliphatic carbocycles. The van der Waals surface area contributed by atoms with Crippen LogP contribution in [0.1, 0.15) is 0 Å². The molecule has 2 rings (SSSR count). The summed E-state index contributed by atoms with van der Waals surface area (Å²) in [6.45, 7) is 0. The van der Waals surface area contributed by atoms with E-state index in [-0.39, 0.29) is 11.5 Å². The normalized spacial score (nSPS) is 10.4. The second-order valence-corrected chi connectivity index (χ2v) is 7.27. The van der Waals surface area contributed by atoms with E-state index in [4.69, 9.17) is 10.2 Å². The van der Waals surface area contributed by atoms with Crippen molar-refractivity contribution in [1.82, 2.24) is 0 Å². The van der Waals surface area contributed by atoms with Crippen molar-refractivity contribution in [2.24, 2.45) is 0 Å². The quantitative estimate of drug-likeness (QED) is 0.805. The molecular formula is C12H10O2S3. The van der Waals surface area contributed by atoms with E-state index in [9.17, 15) is 0 Å². The molecule has 0 saturated carbocycles. The summed E-state index contributed by atoms with van der Waals surface area (Å²) in [5, 5.41) is 18.3. The van der Waals surface area contributed by atoms with Gasteiger partial charge in [-0.2, -0.15) is 0 Å². The molecular weight excluding hydrogens is 272 g/mol. The molecule has 2 nitrogen and oxygen atoms in total. The molecule has 0 aromatic heterocycles. The molecule has 5 heteroatoms. The number of phenols is 2. The van der Waals surface area contributed by atoms with E-state index in [0.717, 1.165) is 9.79 Å². The first-order valence-electron chi connectivity index (χ1n) is 4.83. The largest absolute Gasteiger partial charge is 0.508 e. The summed E-state index contributed by atoms with van der Waals surface area (Å²) in [6.07, 6.45) is 0. The molecule has 88 valence electrons. The van der Waals surface area contributed by atoms with Crippen LogP contribution in [0.4, 0.5) is 0 Å². The monoisotopic (exact) mass is 282 g/mol. The molecule has 0 radical (unpaired) electrons. The maximum atomic E-state index is 9.14. The third-order valence-electron chi connectivity index (χ3n) is 1.93. The molecule has 0 heterocycles. The fourth-order valence-electron chi connectivity index (χ4n) is 1.10. The van der Waals surface area contributed by atoms with E-state index >= 15 is 0 Å². The van der Waals surface area contributed by atoms with Gasteiger partial charge in [0.05, 0.1) is 0 Å². The van der Waals surface area contributed by atoms with Crippen LogP contribution < -0.4 is 0 Å². The van der Waals surface area contributed by atoms with Crippen LogP contribution in [0.15, 0.2) is 58.3 Å². The minimum Gasteiger partial charge on any atom is -0.508 e. The second kappa shape index (κ2) is 6.14. The van der Waals surface area contributed by atoms with E-state index in [1.807, 2.05) is 24.3 Å². The van der Waals surface area contributed by atoms with E-state index in [2.05, 4.69) is 0 Å². The maximum absolute atomic E-state index is 9.14. The highest BCUT2D eigenvalue weighted by molar-refractivity contribution is 9.09. The van der Waals surface area contributed by atoms with Crippen LogP contribution in [0.3, 0.4) is 0 Å². The van der Waals surface area contributed by atoms with Crippen molar-refractivity contribution >= 4 is 31.4 Å². The number of aromatic hydroxyl groups is 2. The van der Waals surface area contributed by atoms with Crippen LogP contribution in [0, 0.1) is 0 Å². The first kappa shape index (κ1) is 12.5. The van der Waals surface area contributed by atoms with Crippen molar-refractivity contribution in [3.8, 4) is 11.5 Å². The molecule has 0 fully saturated rings. The Kier molecular flexibility index (Phi) is 4.53. The molecule has 17 heavy (non-hydrogen) atoms. The Morgan fingerprint density at radius 2 is 0.941 bits per heavy atom. The lowest BCUT2D eigenvalue weighted by molar-refractivity contribution is 0.474. The van der Waals surface area contributed by atoms with Gasteiger partial charge in [0.15, 0.2) is 0 Å².